The average molecular weight is 262 g/mol. The molecular weight excluding hydrogens is 244 g/mol. The highest BCUT2D eigenvalue weighted by molar-refractivity contribution is 5.92. The van der Waals surface area contributed by atoms with Gasteiger partial charge in [0.05, 0.1) is 6.54 Å². The monoisotopic (exact) mass is 262 g/mol. The minimum Gasteiger partial charge on any atom is -0.341 e. The first-order chi connectivity index (χ1) is 9.16. The van der Waals surface area contributed by atoms with Gasteiger partial charge in [0.15, 0.2) is 0 Å². The minimum absolute atomic E-state index is 0.0286. The van der Waals surface area contributed by atoms with Gasteiger partial charge in [0.1, 0.15) is 0 Å². The number of amides is 3. The summed E-state index contributed by atoms with van der Waals surface area (Å²) in [5, 5.41) is 5.27. The summed E-state index contributed by atoms with van der Waals surface area (Å²) < 4.78 is 0. The van der Waals surface area contributed by atoms with Crippen LogP contribution >= 0.6 is 0 Å². The lowest BCUT2D eigenvalue weighted by molar-refractivity contribution is -0.128. The maximum Gasteiger partial charge on any atom is 0.319 e. The maximum atomic E-state index is 11.7. The van der Waals surface area contributed by atoms with E-state index in [0.717, 1.165) is 31.5 Å². The van der Waals surface area contributed by atoms with Crippen LogP contribution in [0.15, 0.2) is 18.5 Å². The zero-order valence-electron chi connectivity index (χ0n) is 11.0. The third kappa shape index (κ3) is 3.67. The van der Waals surface area contributed by atoms with Crippen LogP contribution in [-0.2, 0) is 4.79 Å². The summed E-state index contributed by atoms with van der Waals surface area (Å²) in [5.74, 6) is -0.0286. The van der Waals surface area contributed by atoms with Crippen LogP contribution in [0, 0.1) is 6.92 Å². The second-order valence-corrected chi connectivity index (χ2v) is 4.59. The summed E-state index contributed by atoms with van der Waals surface area (Å²) in [7, 11) is 0. The molecule has 1 aliphatic heterocycles. The average Bonchev–Trinajstić information content (AvgIpc) is 2.93. The molecule has 6 heteroatoms. The Kier molecular flexibility index (Phi) is 4.33. The van der Waals surface area contributed by atoms with E-state index in [1.807, 2.05) is 6.92 Å². The van der Waals surface area contributed by atoms with Gasteiger partial charge < -0.3 is 15.5 Å². The van der Waals surface area contributed by atoms with Crippen LogP contribution in [0.5, 0.6) is 0 Å². The second kappa shape index (κ2) is 6.17. The van der Waals surface area contributed by atoms with E-state index in [1.165, 1.54) is 0 Å². The number of rotatable bonds is 3. The van der Waals surface area contributed by atoms with Crippen LogP contribution in [0.4, 0.5) is 10.5 Å². The molecule has 0 spiro atoms. The molecule has 2 rings (SSSR count). The third-order valence-electron chi connectivity index (χ3n) is 3.13. The van der Waals surface area contributed by atoms with Gasteiger partial charge in [-0.25, -0.2) is 4.79 Å². The topological polar surface area (TPSA) is 74.3 Å². The van der Waals surface area contributed by atoms with E-state index in [4.69, 9.17) is 0 Å². The molecule has 0 aliphatic carbocycles. The lowest BCUT2D eigenvalue weighted by atomic mass is 10.2. The van der Waals surface area contributed by atoms with Gasteiger partial charge in [-0.15, -0.1) is 0 Å². The molecule has 1 aromatic rings. The highest BCUT2D eigenvalue weighted by Crippen LogP contribution is 2.11. The number of urea groups is 1. The van der Waals surface area contributed by atoms with E-state index in [2.05, 4.69) is 15.6 Å². The summed E-state index contributed by atoms with van der Waals surface area (Å²) in [4.78, 5) is 29.1. The minimum atomic E-state index is -0.373. The number of hydrogen-bond donors (Lipinski definition) is 2. The van der Waals surface area contributed by atoms with Gasteiger partial charge in [-0.3, -0.25) is 9.78 Å². The van der Waals surface area contributed by atoms with Crippen molar-refractivity contribution < 1.29 is 9.59 Å². The summed E-state index contributed by atoms with van der Waals surface area (Å²) >= 11 is 0. The lowest BCUT2D eigenvalue weighted by Crippen LogP contribution is -2.40. The number of hydrogen-bond acceptors (Lipinski definition) is 3. The van der Waals surface area contributed by atoms with Crippen LogP contribution in [0.2, 0.25) is 0 Å². The summed E-state index contributed by atoms with van der Waals surface area (Å²) in [6.45, 7) is 3.49. The molecule has 2 heterocycles. The van der Waals surface area contributed by atoms with Gasteiger partial charge in [0.25, 0.3) is 0 Å². The van der Waals surface area contributed by atoms with Crippen LogP contribution in [0.3, 0.4) is 0 Å². The number of carbonyl (C=O) groups excluding carboxylic acids is 2. The first-order valence-electron chi connectivity index (χ1n) is 6.40. The van der Waals surface area contributed by atoms with Gasteiger partial charge in [-0.2, -0.15) is 0 Å². The fourth-order valence-corrected chi connectivity index (χ4v) is 2.01. The molecule has 1 saturated heterocycles. The number of likely N-dealkylation sites (tertiary alicyclic amines) is 1. The van der Waals surface area contributed by atoms with Crippen molar-refractivity contribution in [1.82, 2.24) is 15.2 Å². The van der Waals surface area contributed by atoms with E-state index in [1.54, 1.807) is 23.4 Å². The van der Waals surface area contributed by atoms with Gasteiger partial charge in [-0.05, 0) is 31.4 Å². The third-order valence-corrected chi connectivity index (χ3v) is 3.13. The Morgan fingerprint density at radius 3 is 2.79 bits per heavy atom. The van der Waals surface area contributed by atoms with Crippen molar-refractivity contribution in [1.29, 1.82) is 0 Å². The SMILES string of the molecule is Cc1cnccc1NC(=O)NCC(=O)N1CCCC1. The molecule has 0 atom stereocenters. The van der Waals surface area contributed by atoms with Crippen molar-refractivity contribution in [2.45, 2.75) is 19.8 Å². The molecule has 0 bridgehead atoms. The van der Waals surface area contributed by atoms with Crippen LogP contribution in [0.25, 0.3) is 0 Å². The Hall–Kier alpha value is -2.11. The van der Waals surface area contributed by atoms with Crippen LogP contribution in [0.1, 0.15) is 18.4 Å². The molecule has 1 fully saturated rings. The number of nitrogens with zero attached hydrogens (tertiary/aromatic N) is 2. The molecule has 0 aromatic carbocycles. The smallest absolute Gasteiger partial charge is 0.319 e. The fourth-order valence-electron chi connectivity index (χ4n) is 2.01. The van der Waals surface area contributed by atoms with Crippen molar-refractivity contribution in [3.05, 3.63) is 24.0 Å². The molecule has 1 aromatic heterocycles. The van der Waals surface area contributed by atoms with Crippen molar-refractivity contribution >= 4 is 17.6 Å². The number of pyridine rings is 1. The Labute approximate surface area is 112 Å². The summed E-state index contributed by atoms with van der Waals surface area (Å²) in [6, 6.07) is 1.35. The van der Waals surface area contributed by atoms with Gasteiger partial charge >= 0.3 is 6.03 Å². The van der Waals surface area contributed by atoms with Crippen LogP contribution < -0.4 is 10.6 Å². The molecule has 0 unspecified atom stereocenters. The quantitative estimate of drug-likeness (QED) is 0.857. The van der Waals surface area contributed by atoms with E-state index >= 15 is 0 Å². The number of aromatic nitrogens is 1. The highest BCUT2D eigenvalue weighted by atomic mass is 16.2. The summed E-state index contributed by atoms with van der Waals surface area (Å²) in [5.41, 5.74) is 1.57. The predicted octanol–water partition coefficient (Wildman–Crippen LogP) is 1.13. The van der Waals surface area contributed by atoms with E-state index < -0.39 is 0 Å². The first-order valence-corrected chi connectivity index (χ1v) is 6.40. The molecule has 0 saturated carbocycles. The molecule has 102 valence electrons. The molecule has 2 N–H and O–H groups in total. The normalized spacial score (nSPS) is 14.3. The Bertz CT molecular complexity index is 469. The maximum absolute atomic E-state index is 11.7. The largest absolute Gasteiger partial charge is 0.341 e. The second-order valence-electron chi connectivity index (χ2n) is 4.59. The molecule has 1 aliphatic rings. The first kappa shape index (κ1) is 13.3. The lowest BCUT2D eigenvalue weighted by Gasteiger charge is -2.15. The molecule has 19 heavy (non-hydrogen) atoms. The Morgan fingerprint density at radius 1 is 1.37 bits per heavy atom. The molecule has 3 amide bonds. The predicted molar refractivity (Wildman–Crippen MR) is 71.8 cm³/mol. The number of aryl methyl sites for hydroxylation is 1. The molecule has 6 nitrogen and oxygen atoms in total. The molecule has 0 radical (unpaired) electrons. The zero-order chi connectivity index (χ0) is 13.7. The van der Waals surface area contributed by atoms with E-state index in [-0.39, 0.29) is 18.5 Å². The highest BCUT2D eigenvalue weighted by Gasteiger charge is 2.18. The van der Waals surface area contributed by atoms with Crippen molar-refractivity contribution in [2.75, 3.05) is 25.0 Å². The number of nitrogens with one attached hydrogen (secondary N) is 2. The van der Waals surface area contributed by atoms with Gasteiger partial charge in [0.2, 0.25) is 5.91 Å². The van der Waals surface area contributed by atoms with Crippen molar-refractivity contribution in [2.24, 2.45) is 0 Å². The Balaban J connectivity index is 1.78. The van der Waals surface area contributed by atoms with E-state index in [0.29, 0.717) is 5.69 Å². The molecular formula is C13H18N4O2. The fraction of sp³-hybridized carbons (Fsp3) is 0.462. The zero-order valence-corrected chi connectivity index (χ0v) is 11.0. The van der Waals surface area contributed by atoms with Crippen molar-refractivity contribution in [3.63, 3.8) is 0 Å². The summed E-state index contributed by atoms with van der Waals surface area (Å²) in [6.07, 6.45) is 5.38. The van der Waals surface area contributed by atoms with E-state index in [9.17, 15) is 9.59 Å². The Morgan fingerprint density at radius 2 is 2.11 bits per heavy atom. The standard InChI is InChI=1S/C13H18N4O2/c1-10-8-14-5-4-11(10)16-13(19)15-9-12(18)17-6-2-3-7-17/h4-5,8H,2-3,6-7,9H2,1H3,(H2,14,15,16,19). The van der Waals surface area contributed by atoms with Gasteiger partial charge in [-0.1, -0.05) is 0 Å². The van der Waals surface area contributed by atoms with Gasteiger partial charge in [0, 0.05) is 31.2 Å². The van der Waals surface area contributed by atoms with Crippen molar-refractivity contribution in [3.8, 4) is 0 Å². The van der Waals surface area contributed by atoms with Crippen LogP contribution in [-0.4, -0.2) is 41.5 Å². The number of carbonyl (C=O) groups is 2. The number of anilines is 1.